The monoisotopic (exact) mass is 441 g/mol. The van der Waals surface area contributed by atoms with E-state index in [-0.39, 0.29) is 10.6 Å². The second-order valence-electron chi connectivity index (χ2n) is 5.94. The molecule has 1 N–H and O–H groups in total. The largest absolute Gasteiger partial charge is 0.423 e. The van der Waals surface area contributed by atoms with Gasteiger partial charge in [0.15, 0.2) is 0 Å². The van der Waals surface area contributed by atoms with Crippen LogP contribution in [0.3, 0.4) is 0 Å². The zero-order valence-electron chi connectivity index (χ0n) is 14.8. The average Bonchev–Trinajstić information content (AvgIpc) is 3.12. The van der Waals surface area contributed by atoms with Crippen LogP contribution in [0.25, 0.3) is 10.2 Å². The fraction of sp³-hybridized carbons (Fsp3) is 0. The number of aromatic nitrogens is 1. The molecule has 29 heavy (non-hydrogen) atoms. The summed E-state index contributed by atoms with van der Waals surface area (Å²) >= 11 is 13.4. The van der Waals surface area contributed by atoms with E-state index in [0.29, 0.717) is 15.9 Å². The Morgan fingerprint density at radius 2 is 1.86 bits per heavy atom. The molecule has 0 spiro atoms. The number of hydrogen-bond donors (Lipinski definition) is 1. The lowest BCUT2D eigenvalue weighted by Gasteiger charge is -2.06. The van der Waals surface area contributed by atoms with Crippen LogP contribution in [-0.2, 0) is 0 Å². The minimum Gasteiger partial charge on any atom is -0.423 e. The molecule has 0 aliphatic carbocycles. The van der Waals surface area contributed by atoms with E-state index in [1.807, 2.05) is 24.3 Å². The van der Waals surface area contributed by atoms with Crippen molar-refractivity contribution in [2.75, 3.05) is 5.43 Å². The number of nitrogens with zero attached hydrogens (tertiary/aromatic N) is 2. The summed E-state index contributed by atoms with van der Waals surface area (Å²) in [4.78, 5) is 16.7. The van der Waals surface area contributed by atoms with Crippen molar-refractivity contribution in [3.63, 3.8) is 0 Å². The van der Waals surface area contributed by atoms with Crippen molar-refractivity contribution in [3.05, 3.63) is 87.9 Å². The Kier molecular flexibility index (Phi) is 5.76. The molecule has 0 saturated carbocycles. The number of nitrogens with one attached hydrogen (secondary N) is 1. The summed E-state index contributed by atoms with van der Waals surface area (Å²) in [6, 6.07) is 19.4. The third-order valence-electron chi connectivity index (χ3n) is 3.91. The maximum absolute atomic E-state index is 12.2. The van der Waals surface area contributed by atoms with E-state index < -0.39 is 5.97 Å². The van der Waals surface area contributed by atoms with E-state index in [0.717, 1.165) is 15.8 Å². The van der Waals surface area contributed by atoms with Crippen molar-refractivity contribution in [1.82, 2.24) is 4.98 Å². The second kappa shape index (κ2) is 8.61. The van der Waals surface area contributed by atoms with Crippen LogP contribution in [0, 0.1) is 0 Å². The average molecular weight is 442 g/mol. The molecule has 3 aromatic carbocycles. The number of anilines is 1. The van der Waals surface area contributed by atoms with Gasteiger partial charge in [0.1, 0.15) is 5.75 Å². The van der Waals surface area contributed by atoms with Gasteiger partial charge in [-0.05, 0) is 60.2 Å². The van der Waals surface area contributed by atoms with Gasteiger partial charge in [-0.3, -0.25) is 5.43 Å². The molecule has 0 bridgehead atoms. The Balaban J connectivity index is 1.38. The van der Waals surface area contributed by atoms with Gasteiger partial charge in [0, 0.05) is 5.02 Å². The minimum atomic E-state index is -0.550. The molecule has 0 amide bonds. The highest BCUT2D eigenvalue weighted by Gasteiger charge is 2.13. The van der Waals surface area contributed by atoms with Gasteiger partial charge >= 0.3 is 5.97 Å². The van der Waals surface area contributed by atoms with Gasteiger partial charge in [-0.25, -0.2) is 9.78 Å². The number of thiazole rings is 1. The van der Waals surface area contributed by atoms with Crippen molar-refractivity contribution in [3.8, 4) is 5.75 Å². The van der Waals surface area contributed by atoms with E-state index in [2.05, 4.69) is 15.5 Å². The lowest BCUT2D eigenvalue weighted by atomic mass is 10.2. The van der Waals surface area contributed by atoms with Crippen LogP contribution in [0.2, 0.25) is 10.0 Å². The molecule has 5 nitrogen and oxygen atoms in total. The minimum absolute atomic E-state index is 0.243. The Bertz CT molecular complexity index is 1170. The first-order chi connectivity index (χ1) is 14.1. The van der Waals surface area contributed by atoms with Crippen molar-refractivity contribution in [2.24, 2.45) is 5.10 Å². The van der Waals surface area contributed by atoms with Gasteiger partial charge in [-0.1, -0.05) is 46.7 Å². The fourth-order valence-corrected chi connectivity index (χ4v) is 3.82. The topological polar surface area (TPSA) is 63.6 Å². The molecular weight excluding hydrogens is 429 g/mol. The zero-order chi connectivity index (χ0) is 20.2. The summed E-state index contributed by atoms with van der Waals surface area (Å²) in [5, 5.41) is 5.61. The zero-order valence-corrected chi connectivity index (χ0v) is 17.1. The number of carbonyl (C=O) groups excluding carboxylic acids is 1. The van der Waals surface area contributed by atoms with E-state index in [9.17, 15) is 4.79 Å². The van der Waals surface area contributed by atoms with Gasteiger partial charge in [0.05, 0.1) is 27.0 Å². The van der Waals surface area contributed by atoms with Crippen LogP contribution >= 0.6 is 34.5 Å². The summed E-state index contributed by atoms with van der Waals surface area (Å²) in [6.07, 6.45) is 1.66. The molecule has 0 saturated heterocycles. The fourth-order valence-electron chi connectivity index (χ4n) is 2.52. The Hall–Kier alpha value is -2.93. The standard InChI is InChI=1S/C21H13Cl2N3O2S/c22-14-7-10-16(17(23)11-14)20(27)28-15-8-5-13(6-9-15)12-24-26-21-25-18-3-1-2-4-19(18)29-21/h1-12H,(H,25,26)/b24-12-. The van der Waals surface area contributed by atoms with Gasteiger partial charge in [-0.15, -0.1) is 0 Å². The number of fused-ring (bicyclic) bond motifs is 1. The smallest absolute Gasteiger partial charge is 0.345 e. The predicted molar refractivity (Wildman–Crippen MR) is 119 cm³/mol. The Morgan fingerprint density at radius 3 is 2.62 bits per heavy atom. The molecule has 0 aliphatic rings. The number of carbonyl (C=O) groups is 1. The number of hydrogen-bond acceptors (Lipinski definition) is 6. The SMILES string of the molecule is O=C(Oc1ccc(/C=N\Nc2nc3ccccc3s2)cc1)c1ccc(Cl)cc1Cl. The first-order valence-corrected chi connectivity index (χ1v) is 10.1. The third-order valence-corrected chi connectivity index (χ3v) is 5.40. The maximum Gasteiger partial charge on any atom is 0.345 e. The van der Waals surface area contributed by atoms with Gasteiger partial charge in [-0.2, -0.15) is 5.10 Å². The number of para-hydroxylation sites is 1. The lowest BCUT2D eigenvalue weighted by Crippen LogP contribution is -2.09. The molecule has 1 aromatic heterocycles. The predicted octanol–water partition coefficient (Wildman–Crippen LogP) is 6.27. The van der Waals surface area contributed by atoms with E-state index in [1.54, 1.807) is 36.5 Å². The first-order valence-electron chi connectivity index (χ1n) is 8.50. The molecular formula is C21H13Cl2N3O2S. The highest BCUT2D eigenvalue weighted by atomic mass is 35.5. The number of benzene rings is 3. The summed E-state index contributed by atoms with van der Waals surface area (Å²) in [6.45, 7) is 0. The van der Waals surface area contributed by atoms with Crippen LogP contribution in [0.4, 0.5) is 5.13 Å². The lowest BCUT2D eigenvalue weighted by molar-refractivity contribution is 0.0735. The van der Waals surface area contributed by atoms with Crippen LogP contribution in [0.5, 0.6) is 5.75 Å². The maximum atomic E-state index is 12.2. The van der Waals surface area contributed by atoms with Crippen LogP contribution in [-0.4, -0.2) is 17.2 Å². The van der Waals surface area contributed by atoms with E-state index in [1.165, 1.54) is 23.5 Å². The molecule has 4 rings (SSSR count). The van der Waals surface area contributed by atoms with Crippen LogP contribution < -0.4 is 10.2 Å². The molecule has 0 atom stereocenters. The molecule has 0 fully saturated rings. The summed E-state index contributed by atoms with van der Waals surface area (Å²) in [5.41, 5.74) is 4.95. The highest BCUT2D eigenvalue weighted by molar-refractivity contribution is 7.22. The summed E-state index contributed by atoms with van der Waals surface area (Å²) in [5.74, 6) is -0.150. The quantitative estimate of drug-likeness (QED) is 0.171. The first kappa shape index (κ1) is 19.4. The third kappa shape index (κ3) is 4.74. The molecule has 1 heterocycles. The van der Waals surface area contributed by atoms with Gasteiger partial charge in [0.25, 0.3) is 0 Å². The van der Waals surface area contributed by atoms with Crippen molar-refractivity contribution >= 4 is 62.1 Å². The van der Waals surface area contributed by atoms with Gasteiger partial charge in [0.2, 0.25) is 5.13 Å². The summed E-state index contributed by atoms with van der Waals surface area (Å²) in [7, 11) is 0. The second-order valence-corrected chi connectivity index (χ2v) is 7.81. The molecule has 4 aromatic rings. The van der Waals surface area contributed by atoms with Crippen molar-refractivity contribution < 1.29 is 9.53 Å². The van der Waals surface area contributed by atoms with Gasteiger partial charge < -0.3 is 4.74 Å². The Morgan fingerprint density at radius 1 is 1.07 bits per heavy atom. The van der Waals surface area contributed by atoms with Crippen molar-refractivity contribution in [2.45, 2.75) is 0 Å². The number of halogens is 2. The van der Waals surface area contributed by atoms with Crippen LogP contribution in [0.1, 0.15) is 15.9 Å². The van der Waals surface area contributed by atoms with Crippen molar-refractivity contribution in [1.29, 1.82) is 0 Å². The molecule has 0 radical (unpaired) electrons. The number of hydrazone groups is 1. The van der Waals surface area contributed by atoms with E-state index in [4.69, 9.17) is 27.9 Å². The molecule has 0 unspecified atom stereocenters. The number of ether oxygens (including phenoxy) is 1. The normalized spacial score (nSPS) is 11.1. The molecule has 0 aliphatic heterocycles. The summed E-state index contributed by atoms with van der Waals surface area (Å²) < 4.78 is 6.44. The number of esters is 1. The Labute approximate surface area is 180 Å². The highest BCUT2D eigenvalue weighted by Crippen LogP contribution is 2.25. The van der Waals surface area contributed by atoms with E-state index >= 15 is 0 Å². The van der Waals surface area contributed by atoms with Crippen LogP contribution in [0.15, 0.2) is 71.8 Å². The molecule has 8 heteroatoms. The molecule has 144 valence electrons. The number of rotatable bonds is 5.